The van der Waals surface area contributed by atoms with Crippen LogP contribution in [-0.2, 0) is 9.53 Å². The Morgan fingerprint density at radius 3 is 2.65 bits per heavy atom. The van der Waals surface area contributed by atoms with Crippen molar-refractivity contribution in [2.75, 3.05) is 39.9 Å². The number of ether oxygens (including phenoxy) is 1. The van der Waals surface area contributed by atoms with Crippen molar-refractivity contribution in [2.45, 2.75) is 19.3 Å². The first kappa shape index (κ1) is 14.2. The highest BCUT2D eigenvalue weighted by Gasteiger charge is 2.15. The minimum absolute atomic E-state index is 0.126. The predicted molar refractivity (Wildman–Crippen MR) is 70.9 cm³/mol. The fourth-order valence-electron chi connectivity index (χ4n) is 1.74. The fourth-order valence-corrected chi connectivity index (χ4v) is 1.91. The lowest BCUT2D eigenvalue weighted by atomic mass is 10.1. The maximum Gasteiger partial charge on any atom is 0.241 e. The molecule has 1 saturated heterocycles. The van der Waals surface area contributed by atoms with Crippen LogP contribution in [0.15, 0.2) is 0 Å². The molecular formula is C11H21N3O2S. The van der Waals surface area contributed by atoms with Gasteiger partial charge in [-0.3, -0.25) is 4.79 Å². The Morgan fingerprint density at radius 1 is 1.29 bits per heavy atom. The van der Waals surface area contributed by atoms with Gasteiger partial charge in [-0.15, -0.1) is 0 Å². The summed E-state index contributed by atoms with van der Waals surface area (Å²) in [5.74, 6) is 0.126. The van der Waals surface area contributed by atoms with Gasteiger partial charge in [0.15, 0.2) is 5.11 Å². The normalized spacial score (nSPS) is 15.5. The van der Waals surface area contributed by atoms with Gasteiger partial charge in [-0.1, -0.05) is 0 Å². The molecule has 1 heterocycles. The number of carbonyl (C=O) groups excluding carboxylic acids is 1. The van der Waals surface area contributed by atoms with Crippen LogP contribution in [0.4, 0.5) is 0 Å². The average molecular weight is 259 g/mol. The standard InChI is InChI=1S/C11H21N3O2S/c1-16-8-5-12-11(17)13-9-10(15)14-6-3-2-4-7-14/h2-9H2,1H3,(H2,12,13,17). The van der Waals surface area contributed by atoms with Crippen molar-refractivity contribution in [3.63, 3.8) is 0 Å². The van der Waals surface area contributed by atoms with Crippen LogP contribution in [0.3, 0.4) is 0 Å². The van der Waals surface area contributed by atoms with E-state index in [1.807, 2.05) is 4.90 Å². The van der Waals surface area contributed by atoms with E-state index in [2.05, 4.69) is 10.6 Å². The molecule has 1 aliphatic heterocycles. The van der Waals surface area contributed by atoms with Crippen LogP contribution in [0.5, 0.6) is 0 Å². The molecule has 0 aromatic heterocycles. The molecule has 98 valence electrons. The molecule has 1 aliphatic rings. The molecule has 0 atom stereocenters. The van der Waals surface area contributed by atoms with Gasteiger partial charge < -0.3 is 20.3 Å². The lowest BCUT2D eigenvalue weighted by Gasteiger charge is -2.27. The van der Waals surface area contributed by atoms with Gasteiger partial charge in [-0.2, -0.15) is 0 Å². The van der Waals surface area contributed by atoms with Gasteiger partial charge in [0.2, 0.25) is 5.91 Å². The molecule has 2 N–H and O–H groups in total. The number of rotatable bonds is 5. The largest absolute Gasteiger partial charge is 0.383 e. The number of carbonyl (C=O) groups is 1. The number of nitrogens with one attached hydrogen (secondary N) is 2. The molecular weight excluding hydrogens is 238 g/mol. The first-order chi connectivity index (χ1) is 8.24. The summed E-state index contributed by atoms with van der Waals surface area (Å²) in [6, 6.07) is 0. The molecule has 1 fully saturated rings. The van der Waals surface area contributed by atoms with Gasteiger partial charge in [-0.05, 0) is 31.5 Å². The predicted octanol–water partition coefficient (Wildman–Crippen LogP) is 0.109. The Kier molecular flexibility index (Phi) is 6.88. The zero-order valence-electron chi connectivity index (χ0n) is 10.3. The first-order valence-corrected chi connectivity index (χ1v) is 6.43. The molecule has 0 spiro atoms. The van der Waals surface area contributed by atoms with E-state index in [-0.39, 0.29) is 12.5 Å². The Balaban J connectivity index is 2.11. The van der Waals surface area contributed by atoms with E-state index < -0.39 is 0 Å². The van der Waals surface area contributed by atoms with E-state index in [0.717, 1.165) is 25.9 Å². The third-order valence-corrected chi connectivity index (χ3v) is 2.99. The second kappa shape index (κ2) is 8.25. The zero-order chi connectivity index (χ0) is 12.5. The minimum Gasteiger partial charge on any atom is -0.383 e. The highest BCUT2D eigenvalue weighted by molar-refractivity contribution is 7.80. The molecule has 0 aliphatic carbocycles. The van der Waals surface area contributed by atoms with Gasteiger partial charge in [-0.25, -0.2) is 0 Å². The number of hydrogen-bond donors (Lipinski definition) is 2. The van der Waals surface area contributed by atoms with E-state index >= 15 is 0 Å². The summed E-state index contributed by atoms with van der Waals surface area (Å²) in [4.78, 5) is 13.7. The highest BCUT2D eigenvalue weighted by atomic mass is 32.1. The topological polar surface area (TPSA) is 53.6 Å². The van der Waals surface area contributed by atoms with Crippen molar-refractivity contribution in [3.05, 3.63) is 0 Å². The van der Waals surface area contributed by atoms with Crippen molar-refractivity contribution >= 4 is 23.2 Å². The van der Waals surface area contributed by atoms with Crippen LogP contribution in [0.2, 0.25) is 0 Å². The monoisotopic (exact) mass is 259 g/mol. The lowest BCUT2D eigenvalue weighted by Crippen LogP contribution is -2.45. The Labute approximate surface area is 108 Å². The molecule has 0 saturated carbocycles. The van der Waals surface area contributed by atoms with Gasteiger partial charge in [0.1, 0.15) is 0 Å². The molecule has 6 heteroatoms. The molecule has 0 aromatic rings. The molecule has 1 rings (SSSR count). The third-order valence-electron chi connectivity index (χ3n) is 2.70. The van der Waals surface area contributed by atoms with E-state index in [4.69, 9.17) is 17.0 Å². The SMILES string of the molecule is COCCNC(=S)NCC(=O)N1CCCCC1. The summed E-state index contributed by atoms with van der Waals surface area (Å²) in [7, 11) is 1.64. The number of piperidine rings is 1. The summed E-state index contributed by atoms with van der Waals surface area (Å²) in [5.41, 5.74) is 0. The maximum atomic E-state index is 11.8. The van der Waals surface area contributed by atoms with Crippen molar-refractivity contribution < 1.29 is 9.53 Å². The van der Waals surface area contributed by atoms with Crippen molar-refractivity contribution in [1.82, 2.24) is 15.5 Å². The number of methoxy groups -OCH3 is 1. The second-order valence-electron chi connectivity index (χ2n) is 4.04. The quantitative estimate of drug-likeness (QED) is 0.542. The van der Waals surface area contributed by atoms with Crippen LogP contribution in [-0.4, -0.2) is 55.8 Å². The number of thiocarbonyl (C=S) groups is 1. The van der Waals surface area contributed by atoms with E-state index in [9.17, 15) is 4.79 Å². The molecule has 17 heavy (non-hydrogen) atoms. The number of likely N-dealkylation sites (tertiary alicyclic amines) is 1. The summed E-state index contributed by atoms with van der Waals surface area (Å²) in [6.07, 6.45) is 3.46. The van der Waals surface area contributed by atoms with E-state index in [1.165, 1.54) is 6.42 Å². The third kappa shape index (κ3) is 5.83. The molecule has 0 aromatic carbocycles. The minimum atomic E-state index is 0.126. The molecule has 1 amide bonds. The van der Waals surface area contributed by atoms with Crippen LogP contribution in [0, 0.1) is 0 Å². The Hall–Kier alpha value is -0.880. The Morgan fingerprint density at radius 2 is 2.00 bits per heavy atom. The van der Waals surface area contributed by atoms with Gasteiger partial charge in [0.25, 0.3) is 0 Å². The van der Waals surface area contributed by atoms with Crippen molar-refractivity contribution in [3.8, 4) is 0 Å². The zero-order valence-corrected chi connectivity index (χ0v) is 11.1. The van der Waals surface area contributed by atoms with Crippen LogP contribution in [0.25, 0.3) is 0 Å². The first-order valence-electron chi connectivity index (χ1n) is 6.02. The number of amides is 1. The van der Waals surface area contributed by atoms with Crippen LogP contribution >= 0.6 is 12.2 Å². The molecule has 0 bridgehead atoms. The summed E-state index contributed by atoms with van der Waals surface area (Å²) >= 11 is 5.04. The summed E-state index contributed by atoms with van der Waals surface area (Å²) in [6.45, 7) is 3.29. The number of hydrogen-bond acceptors (Lipinski definition) is 3. The fraction of sp³-hybridized carbons (Fsp3) is 0.818. The van der Waals surface area contributed by atoms with Gasteiger partial charge in [0, 0.05) is 26.7 Å². The molecule has 0 unspecified atom stereocenters. The average Bonchev–Trinajstić information content (AvgIpc) is 2.37. The van der Waals surface area contributed by atoms with Gasteiger partial charge in [0.05, 0.1) is 13.2 Å². The van der Waals surface area contributed by atoms with E-state index in [0.29, 0.717) is 18.3 Å². The smallest absolute Gasteiger partial charge is 0.241 e. The Bertz CT molecular complexity index is 255. The lowest BCUT2D eigenvalue weighted by molar-refractivity contribution is -0.130. The summed E-state index contributed by atoms with van der Waals surface area (Å²) in [5, 5.41) is 6.39. The maximum absolute atomic E-state index is 11.8. The van der Waals surface area contributed by atoms with Crippen LogP contribution in [0.1, 0.15) is 19.3 Å². The summed E-state index contributed by atoms with van der Waals surface area (Å²) < 4.78 is 4.89. The van der Waals surface area contributed by atoms with Crippen molar-refractivity contribution in [1.29, 1.82) is 0 Å². The molecule has 0 radical (unpaired) electrons. The number of nitrogens with zero attached hydrogens (tertiary/aromatic N) is 1. The van der Waals surface area contributed by atoms with Gasteiger partial charge >= 0.3 is 0 Å². The van der Waals surface area contributed by atoms with E-state index in [1.54, 1.807) is 7.11 Å². The van der Waals surface area contributed by atoms with Crippen LogP contribution < -0.4 is 10.6 Å². The van der Waals surface area contributed by atoms with Crippen molar-refractivity contribution in [2.24, 2.45) is 0 Å². The highest BCUT2D eigenvalue weighted by Crippen LogP contribution is 2.07. The molecule has 5 nitrogen and oxygen atoms in total. The second-order valence-corrected chi connectivity index (χ2v) is 4.45.